The van der Waals surface area contributed by atoms with E-state index in [2.05, 4.69) is 43.1 Å². The molecule has 2 atom stereocenters. The Balaban J connectivity index is 2.29. The first-order chi connectivity index (χ1) is 9.17. The fourth-order valence-electron chi connectivity index (χ4n) is 3.25. The highest BCUT2D eigenvalue weighted by molar-refractivity contribution is 4.83. The number of rotatable bonds is 10. The van der Waals surface area contributed by atoms with Crippen molar-refractivity contribution in [3.8, 4) is 0 Å². The molecule has 1 rings (SSSR count). The summed E-state index contributed by atoms with van der Waals surface area (Å²) in [6, 6.07) is 0.794. The van der Waals surface area contributed by atoms with Crippen LogP contribution < -0.4 is 5.32 Å². The van der Waals surface area contributed by atoms with E-state index >= 15 is 0 Å². The van der Waals surface area contributed by atoms with Crippen molar-refractivity contribution >= 4 is 0 Å². The second-order valence-electron chi connectivity index (χ2n) is 6.29. The second-order valence-corrected chi connectivity index (χ2v) is 6.29. The summed E-state index contributed by atoms with van der Waals surface area (Å²) >= 11 is 0. The van der Waals surface area contributed by atoms with E-state index in [1.165, 1.54) is 58.3 Å². The molecule has 1 fully saturated rings. The highest BCUT2D eigenvalue weighted by Gasteiger charge is 2.26. The first kappa shape index (κ1) is 16.9. The first-order valence-corrected chi connectivity index (χ1v) is 8.27. The molecule has 0 saturated heterocycles. The fourth-order valence-corrected chi connectivity index (χ4v) is 3.25. The predicted molar refractivity (Wildman–Crippen MR) is 84.7 cm³/mol. The molecule has 2 unspecified atom stereocenters. The molecule has 3 heteroatoms. The van der Waals surface area contributed by atoms with Crippen LogP contribution in [0, 0.1) is 5.92 Å². The summed E-state index contributed by atoms with van der Waals surface area (Å²) in [6.45, 7) is 10.6. The lowest BCUT2D eigenvalue weighted by Gasteiger charge is -2.27. The third-order valence-electron chi connectivity index (χ3n) is 4.34. The zero-order valence-corrected chi connectivity index (χ0v) is 13.6. The molecule has 114 valence electrons. The Hall–Kier alpha value is -0.120. The van der Waals surface area contributed by atoms with E-state index in [4.69, 9.17) is 0 Å². The Bertz CT molecular complexity index is 218. The Morgan fingerprint density at radius 2 is 1.79 bits per heavy atom. The van der Waals surface area contributed by atoms with Crippen LogP contribution in [0.3, 0.4) is 0 Å². The standard InChI is InChI=1S/C16H35N3/c1-5-11-19(14-13-18(3)4)12-10-15-8-7-9-16(15)17-6-2/h15-17H,5-14H2,1-4H3. The van der Waals surface area contributed by atoms with Gasteiger partial charge in [-0.25, -0.2) is 0 Å². The topological polar surface area (TPSA) is 18.5 Å². The summed E-state index contributed by atoms with van der Waals surface area (Å²) in [4.78, 5) is 4.95. The number of nitrogens with zero attached hydrogens (tertiary/aromatic N) is 2. The maximum Gasteiger partial charge on any atom is 0.0109 e. The van der Waals surface area contributed by atoms with Gasteiger partial charge < -0.3 is 15.1 Å². The van der Waals surface area contributed by atoms with Gasteiger partial charge in [-0.2, -0.15) is 0 Å². The molecule has 0 aromatic rings. The molecule has 1 aliphatic rings. The molecule has 19 heavy (non-hydrogen) atoms. The van der Waals surface area contributed by atoms with Gasteiger partial charge in [0.2, 0.25) is 0 Å². The smallest absolute Gasteiger partial charge is 0.0109 e. The molecule has 1 N–H and O–H groups in total. The summed E-state index contributed by atoms with van der Waals surface area (Å²) in [5.74, 6) is 0.915. The normalized spacial score (nSPS) is 23.7. The lowest BCUT2D eigenvalue weighted by atomic mass is 9.99. The largest absolute Gasteiger partial charge is 0.314 e. The zero-order valence-electron chi connectivity index (χ0n) is 13.6. The van der Waals surface area contributed by atoms with Gasteiger partial charge in [0.05, 0.1) is 0 Å². The third-order valence-corrected chi connectivity index (χ3v) is 4.34. The molecule has 0 aromatic carbocycles. The maximum atomic E-state index is 3.67. The van der Waals surface area contributed by atoms with Gasteiger partial charge in [-0.1, -0.05) is 20.3 Å². The van der Waals surface area contributed by atoms with Crippen molar-refractivity contribution in [2.45, 2.75) is 52.0 Å². The van der Waals surface area contributed by atoms with Crippen molar-refractivity contribution in [2.75, 3.05) is 46.8 Å². The number of hydrogen-bond donors (Lipinski definition) is 1. The van der Waals surface area contributed by atoms with Crippen LogP contribution in [0.15, 0.2) is 0 Å². The van der Waals surface area contributed by atoms with Crippen LogP contribution >= 0.6 is 0 Å². The summed E-state index contributed by atoms with van der Waals surface area (Å²) in [5, 5.41) is 3.67. The van der Waals surface area contributed by atoms with E-state index in [-0.39, 0.29) is 0 Å². The van der Waals surface area contributed by atoms with Gasteiger partial charge in [0.25, 0.3) is 0 Å². The fraction of sp³-hybridized carbons (Fsp3) is 1.00. The minimum Gasteiger partial charge on any atom is -0.314 e. The van der Waals surface area contributed by atoms with Crippen LogP contribution in [0.2, 0.25) is 0 Å². The minimum atomic E-state index is 0.794. The quantitative estimate of drug-likeness (QED) is 0.657. The van der Waals surface area contributed by atoms with Gasteiger partial charge in [0.1, 0.15) is 0 Å². The van der Waals surface area contributed by atoms with Gasteiger partial charge in [-0.3, -0.25) is 0 Å². The Morgan fingerprint density at radius 3 is 2.42 bits per heavy atom. The van der Waals surface area contributed by atoms with Gasteiger partial charge in [0, 0.05) is 19.1 Å². The first-order valence-electron chi connectivity index (χ1n) is 8.27. The number of hydrogen-bond acceptors (Lipinski definition) is 3. The molecule has 3 nitrogen and oxygen atoms in total. The van der Waals surface area contributed by atoms with Crippen LogP contribution in [0.1, 0.15) is 46.0 Å². The summed E-state index contributed by atoms with van der Waals surface area (Å²) in [6.07, 6.45) is 6.91. The summed E-state index contributed by atoms with van der Waals surface area (Å²) in [7, 11) is 4.34. The van der Waals surface area contributed by atoms with E-state index in [9.17, 15) is 0 Å². The molecule has 0 spiro atoms. The SMILES string of the molecule is CCCN(CCC1CCCC1NCC)CCN(C)C. The van der Waals surface area contributed by atoms with Gasteiger partial charge >= 0.3 is 0 Å². The Kier molecular flexibility index (Phi) is 8.67. The summed E-state index contributed by atoms with van der Waals surface area (Å²) < 4.78 is 0. The lowest BCUT2D eigenvalue weighted by Crippen LogP contribution is -2.37. The van der Waals surface area contributed by atoms with Crippen molar-refractivity contribution in [3.63, 3.8) is 0 Å². The number of likely N-dealkylation sites (N-methyl/N-ethyl adjacent to an activating group) is 1. The predicted octanol–water partition coefficient (Wildman–Crippen LogP) is 2.43. The molecular weight excluding hydrogens is 234 g/mol. The van der Waals surface area contributed by atoms with E-state index < -0.39 is 0 Å². The average Bonchev–Trinajstić information content (AvgIpc) is 2.80. The monoisotopic (exact) mass is 269 g/mol. The molecule has 0 aliphatic heterocycles. The van der Waals surface area contributed by atoms with Crippen LogP contribution in [0.25, 0.3) is 0 Å². The molecule has 0 radical (unpaired) electrons. The number of nitrogens with one attached hydrogen (secondary N) is 1. The van der Waals surface area contributed by atoms with Gasteiger partial charge in [-0.15, -0.1) is 0 Å². The van der Waals surface area contributed by atoms with Crippen LogP contribution in [-0.2, 0) is 0 Å². The molecule has 0 heterocycles. The Morgan fingerprint density at radius 1 is 1.00 bits per heavy atom. The van der Waals surface area contributed by atoms with Gasteiger partial charge in [-0.05, 0) is 65.3 Å². The van der Waals surface area contributed by atoms with Crippen molar-refractivity contribution in [1.29, 1.82) is 0 Å². The highest BCUT2D eigenvalue weighted by Crippen LogP contribution is 2.28. The van der Waals surface area contributed by atoms with E-state index in [0.29, 0.717) is 0 Å². The highest BCUT2D eigenvalue weighted by atomic mass is 15.2. The van der Waals surface area contributed by atoms with E-state index in [1.54, 1.807) is 0 Å². The van der Waals surface area contributed by atoms with Crippen LogP contribution in [0.5, 0.6) is 0 Å². The third kappa shape index (κ3) is 6.73. The second kappa shape index (κ2) is 9.73. The van der Waals surface area contributed by atoms with E-state index in [1.807, 2.05) is 0 Å². The summed E-state index contributed by atoms with van der Waals surface area (Å²) in [5.41, 5.74) is 0. The van der Waals surface area contributed by atoms with E-state index in [0.717, 1.165) is 18.5 Å². The van der Waals surface area contributed by atoms with Crippen molar-refractivity contribution < 1.29 is 0 Å². The van der Waals surface area contributed by atoms with Crippen LogP contribution in [-0.4, -0.2) is 62.7 Å². The maximum absolute atomic E-state index is 3.67. The minimum absolute atomic E-state index is 0.794. The average molecular weight is 269 g/mol. The van der Waals surface area contributed by atoms with Crippen molar-refractivity contribution in [1.82, 2.24) is 15.1 Å². The van der Waals surface area contributed by atoms with Crippen molar-refractivity contribution in [2.24, 2.45) is 5.92 Å². The molecule has 0 amide bonds. The molecule has 0 bridgehead atoms. The molecular formula is C16H35N3. The molecule has 0 aromatic heterocycles. The van der Waals surface area contributed by atoms with Crippen molar-refractivity contribution in [3.05, 3.63) is 0 Å². The van der Waals surface area contributed by atoms with Gasteiger partial charge in [0.15, 0.2) is 0 Å². The lowest BCUT2D eigenvalue weighted by molar-refractivity contribution is 0.219. The molecule has 1 saturated carbocycles. The zero-order chi connectivity index (χ0) is 14.1. The molecule has 1 aliphatic carbocycles. The van der Waals surface area contributed by atoms with Crippen LogP contribution in [0.4, 0.5) is 0 Å². The Labute approximate surface area is 120 Å².